The van der Waals surface area contributed by atoms with E-state index in [0.717, 1.165) is 6.07 Å². The molecular formula is C10H13N3O7. The molecule has 20 heavy (non-hydrogen) atoms. The van der Waals surface area contributed by atoms with Crippen LogP contribution in [0.25, 0.3) is 0 Å². The molecule has 0 bridgehead atoms. The average Bonchev–Trinajstić information content (AvgIpc) is 2.66. The van der Waals surface area contributed by atoms with Gasteiger partial charge in [-0.3, -0.25) is 14.9 Å². The van der Waals surface area contributed by atoms with Gasteiger partial charge in [0.25, 0.3) is 5.56 Å². The van der Waals surface area contributed by atoms with Crippen LogP contribution in [0.4, 0.5) is 11.5 Å². The number of rotatable bonds is 3. The molecule has 6 N–H and O–H groups in total. The lowest BCUT2D eigenvalue weighted by Gasteiger charge is -2.14. The molecule has 4 atom stereocenters. The maximum absolute atomic E-state index is 11.8. The minimum absolute atomic E-state index is 0.242. The van der Waals surface area contributed by atoms with Crippen molar-refractivity contribution in [3.8, 4) is 0 Å². The summed E-state index contributed by atoms with van der Waals surface area (Å²) in [5.74, 6) is -0.421. The molecule has 0 radical (unpaired) electrons. The minimum Gasteiger partial charge on any atom is -0.394 e. The zero-order valence-electron chi connectivity index (χ0n) is 10.1. The van der Waals surface area contributed by atoms with E-state index in [4.69, 9.17) is 15.6 Å². The lowest BCUT2D eigenvalue weighted by Crippen LogP contribution is -2.33. The van der Waals surface area contributed by atoms with Crippen molar-refractivity contribution in [2.75, 3.05) is 12.3 Å². The Balaban J connectivity index is 2.46. The number of anilines is 1. The van der Waals surface area contributed by atoms with Gasteiger partial charge in [0, 0.05) is 6.07 Å². The highest BCUT2D eigenvalue weighted by atomic mass is 16.6. The van der Waals surface area contributed by atoms with Crippen LogP contribution in [-0.2, 0) is 4.74 Å². The number of nitro groups is 1. The maximum Gasteiger partial charge on any atom is 0.309 e. The molecule has 0 saturated carbocycles. The highest BCUT2D eigenvalue weighted by molar-refractivity contribution is 5.53. The smallest absolute Gasteiger partial charge is 0.309 e. The van der Waals surface area contributed by atoms with Crippen LogP contribution in [0.15, 0.2) is 10.9 Å². The third kappa shape index (κ3) is 2.25. The number of pyridine rings is 1. The second kappa shape index (κ2) is 5.17. The fourth-order valence-electron chi connectivity index (χ4n) is 2.07. The Kier molecular flexibility index (Phi) is 3.72. The van der Waals surface area contributed by atoms with Crippen LogP contribution in [0.1, 0.15) is 11.7 Å². The summed E-state index contributed by atoms with van der Waals surface area (Å²) in [6.07, 6.45) is -5.26. The zero-order valence-corrected chi connectivity index (χ0v) is 10.1. The van der Waals surface area contributed by atoms with E-state index < -0.39 is 53.0 Å². The Bertz CT molecular complexity index is 587. The van der Waals surface area contributed by atoms with Crippen molar-refractivity contribution in [1.29, 1.82) is 0 Å². The predicted molar refractivity (Wildman–Crippen MR) is 64.8 cm³/mol. The zero-order chi connectivity index (χ0) is 15.0. The number of aromatic nitrogens is 1. The topological polar surface area (TPSA) is 172 Å². The second-order valence-electron chi connectivity index (χ2n) is 4.37. The Morgan fingerprint density at radius 3 is 2.60 bits per heavy atom. The molecular weight excluding hydrogens is 274 g/mol. The summed E-state index contributed by atoms with van der Waals surface area (Å²) in [6.45, 7) is -0.566. The van der Waals surface area contributed by atoms with Gasteiger partial charge in [-0.1, -0.05) is 0 Å². The van der Waals surface area contributed by atoms with Crippen LogP contribution < -0.4 is 11.3 Å². The third-order valence-electron chi connectivity index (χ3n) is 3.12. The van der Waals surface area contributed by atoms with Crippen molar-refractivity contribution < 1.29 is 25.0 Å². The van der Waals surface area contributed by atoms with Gasteiger partial charge in [0.1, 0.15) is 24.4 Å². The van der Waals surface area contributed by atoms with Crippen LogP contribution in [0, 0.1) is 10.1 Å². The summed E-state index contributed by atoms with van der Waals surface area (Å²) in [5.41, 5.74) is 3.75. The van der Waals surface area contributed by atoms with Crippen molar-refractivity contribution in [1.82, 2.24) is 4.98 Å². The molecule has 10 heteroatoms. The van der Waals surface area contributed by atoms with Crippen LogP contribution in [-0.4, -0.2) is 50.1 Å². The molecule has 1 aliphatic rings. The number of hydrogen-bond donors (Lipinski definition) is 5. The molecule has 0 aromatic carbocycles. The quantitative estimate of drug-likeness (QED) is 0.314. The van der Waals surface area contributed by atoms with Gasteiger partial charge in [-0.2, -0.15) is 0 Å². The SMILES string of the molecule is Nc1[nH]c(=O)c([C@@H]2O[C@H](CO)[C@H](O)C2O)cc1[N+](=O)[O-]. The van der Waals surface area contributed by atoms with Crippen molar-refractivity contribution in [2.45, 2.75) is 24.4 Å². The van der Waals surface area contributed by atoms with Gasteiger partial charge in [-0.05, 0) is 0 Å². The minimum atomic E-state index is -1.49. The largest absolute Gasteiger partial charge is 0.394 e. The lowest BCUT2D eigenvalue weighted by atomic mass is 10.0. The summed E-state index contributed by atoms with van der Waals surface area (Å²) in [5, 5.41) is 39.1. The molecule has 1 unspecified atom stereocenters. The molecule has 1 saturated heterocycles. The van der Waals surface area contributed by atoms with Gasteiger partial charge in [0.2, 0.25) is 0 Å². The number of aliphatic hydroxyl groups is 3. The van der Waals surface area contributed by atoms with E-state index in [9.17, 15) is 25.1 Å². The number of H-pyrrole nitrogens is 1. The molecule has 0 aliphatic carbocycles. The summed E-state index contributed by atoms with van der Waals surface area (Å²) >= 11 is 0. The molecule has 0 amide bonds. The normalized spacial score (nSPS) is 29.6. The number of aliphatic hydroxyl groups excluding tert-OH is 3. The van der Waals surface area contributed by atoms with Crippen LogP contribution in [0.2, 0.25) is 0 Å². The Hall–Kier alpha value is -2.01. The molecule has 1 fully saturated rings. The monoisotopic (exact) mass is 287 g/mol. The molecule has 0 spiro atoms. The number of ether oxygens (including phenoxy) is 1. The van der Waals surface area contributed by atoms with Gasteiger partial charge < -0.3 is 30.8 Å². The summed E-state index contributed by atoms with van der Waals surface area (Å²) < 4.78 is 5.14. The summed E-state index contributed by atoms with van der Waals surface area (Å²) in [7, 11) is 0. The van der Waals surface area contributed by atoms with Crippen molar-refractivity contribution in [2.24, 2.45) is 0 Å². The number of nitrogens with zero attached hydrogens (tertiary/aromatic N) is 1. The number of nitrogens with two attached hydrogens (primary N) is 1. The van der Waals surface area contributed by atoms with Gasteiger partial charge in [-0.25, -0.2) is 0 Å². The molecule has 1 aliphatic heterocycles. The van der Waals surface area contributed by atoms with E-state index in [0.29, 0.717) is 0 Å². The van der Waals surface area contributed by atoms with Crippen LogP contribution >= 0.6 is 0 Å². The van der Waals surface area contributed by atoms with E-state index in [1.807, 2.05) is 0 Å². The van der Waals surface area contributed by atoms with E-state index in [1.165, 1.54) is 0 Å². The number of nitrogens with one attached hydrogen (secondary N) is 1. The highest BCUT2D eigenvalue weighted by Gasteiger charge is 2.44. The molecule has 1 aromatic heterocycles. The first kappa shape index (κ1) is 14.4. The first-order valence-corrected chi connectivity index (χ1v) is 5.66. The Morgan fingerprint density at radius 2 is 2.10 bits per heavy atom. The molecule has 10 nitrogen and oxygen atoms in total. The second-order valence-corrected chi connectivity index (χ2v) is 4.37. The van der Waals surface area contributed by atoms with E-state index >= 15 is 0 Å². The number of nitrogen functional groups attached to an aromatic ring is 1. The van der Waals surface area contributed by atoms with Crippen molar-refractivity contribution in [3.05, 3.63) is 32.1 Å². The predicted octanol–water partition coefficient (Wildman–Crippen LogP) is -1.98. The summed E-state index contributed by atoms with van der Waals surface area (Å²) in [6, 6.07) is 0.883. The fourth-order valence-corrected chi connectivity index (χ4v) is 2.07. The Morgan fingerprint density at radius 1 is 1.45 bits per heavy atom. The van der Waals surface area contributed by atoms with Crippen LogP contribution in [0.3, 0.4) is 0 Å². The van der Waals surface area contributed by atoms with E-state index in [1.54, 1.807) is 0 Å². The maximum atomic E-state index is 11.8. The van der Waals surface area contributed by atoms with Crippen molar-refractivity contribution >= 4 is 11.5 Å². The molecule has 2 rings (SSSR count). The molecule has 110 valence electrons. The fraction of sp³-hybridized carbons (Fsp3) is 0.500. The van der Waals surface area contributed by atoms with Crippen molar-refractivity contribution in [3.63, 3.8) is 0 Å². The number of aromatic amines is 1. The summed E-state index contributed by atoms with van der Waals surface area (Å²) in [4.78, 5) is 23.8. The third-order valence-corrected chi connectivity index (χ3v) is 3.12. The van der Waals surface area contributed by atoms with Gasteiger partial charge in [0.05, 0.1) is 17.1 Å². The number of hydrogen-bond acceptors (Lipinski definition) is 8. The molecule has 1 aromatic rings. The average molecular weight is 287 g/mol. The van der Waals surface area contributed by atoms with E-state index in [2.05, 4.69) is 4.98 Å². The first-order chi connectivity index (χ1) is 9.36. The Labute approximate surface area is 111 Å². The molecule has 2 heterocycles. The highest BCUT2D eigenvalue weighted by Crippen LogP contribution is 2.33. The standard InChI is InChI=1S/C10H13N3O7/c11-9-4(13(18)19)1-3(10(17)12-9)8-7(16)6(15)5(2-14)20-8/h1,5-8,14-16H,2H2,(H3,11,12,17)/t5-,6+,7?,8+/m1/s1. The van der Waals surface area contributed by atoms with Gasteiger partial charge in [-0.15, -0.1) is 0 Å². The first-order valence-electron chi connectivity index (χ1n) is 5.66. The van der Waals surface area contributed by atoms with E-state index in [-0.39, 0.29) is 5.56 Å². The van der Waals surface area contributed by atoms with Gasteiger partial charge in [0.15, 0.2) is 5.82 Å². The van der Waals surface area contributed by atoms with Gasteiger partial charge >= 0.3 is 5.69 Å². The lowest BCUT2D eigenvalue weighted by molar-refractivity contribution is -0.384. The van der Waals surface area contributed by atoms with Crippen LogP contribution in [0.5, 0.6) is 0 Å².